The Morgan fingerprint density at radius 3 is 2.63 bits per heavy atom. The lowest BCUT2D eigenvalue weighted by Gasteiger charge is -2.24. The average molecular weight is 434 g/mol. The molecule has 160 valence electrons. The smallest absolute Gasteiger partial charge is 0.308 e. The predicted molar refractivity (Wildman–Crippen MR) is 112 cm³/mol. The van der Waals surface area contributed by atoms with Crippen molar-refractivity contribution in [3.63, 3.8) is 0 Å². The van der Waals surface area contributed by atoms with Crippen LogP contribution in [0.1, 0.15) is 36.1 Å². The molecule has 1 amide bonds. The van der Waals surface area contributed by atoms with Gasteiger partial charge in [-0.05, 0) is 37.6 Å². The van der Waals surface area contributed by atoms with Crippen LogP contribution in [0.15, 0.2) is 30.3 Å². The van der Waals surface area contributed by atoms with Crippen LogP contribution >= 0.6 is 11.6 Å². The number of benzene rings is 2. The maximum atomic E-state index is 12.8. The van der Waals surface area contributed by atoms with E-state index in [1.807, 2.05) is 13.0 Å². The molecule has 1 N–H and O–H groups in total. The normalized spacial score (nSPS) is 18.1. The van der Waals surface area contributed by atoms with Crippen molar-refractivity contribution in [2.45, 2.75) is 32.5 Å². The number of ether oxygens (including phenoxy) is 4. The zero-order chi connectivity index (χ0) is 21.8. The summed E-state index contributed by atoms with van der Waals surface area (Å²) in [5.41, 5.74) is 2.65. The minimum atomic E-state index is -1.06. The number of para-hydroxylation sites is 1. The molecule has 30 heavy (non-hydrogen) atoms. The Morgan fingerprint density at radius 2 is 1.97 bits per heavy atom. The molecule has 0 fully saturated rings. The average Bonchev–Trinajstić information content (AvgIpc) is 2.84. The third-order valence-corrected chi connectivity index (χ3v) is 5.24. The summed E-state index contributed by atoms with van der Waals surface area (Å²) in [7, 11) is 3.07. The van der Waals surface area contributed by atoms with Crippen LogP contribution < -0.4 is 14.8 Å². The maximum absolute atomic E-state index is 12.8. The first-order valence-corrected chi connectivity index (χ1v) is 9.90. The van der Waals surface area contributed by atoms with E-state index < -0.39 is 24.1 Å². The summed E-state index contributed by atoms with van der Waals surface area (Å²) in [6.07, 6.45) is -2.01. The number of carbonyl (C=O) groups is 2. The Morgan fingerprint density at radius 1 is 1.20 bits per heavy atom. The lowest BCUT2D eigenvalue weighted by Crippen LogP contribution is -2.32. The van der Waals surface area contributed by atoms with Crippen LogP contribution in [0.4, 0.5) is 5.69 Å². The molecule has 0 saturated carbocycles. The molecule has 0 spiro atoms. The number of rotatable bonds is 6. The summed E-state index contributed by atoms with van der Waals surface area (Å²) >= 11 is 6.38. The molecule has 8 heteroatoms. The van der Waals surface area contributed by atoms with Gasteiger partial charge in [-0.15, -0.1) is 0 Å². The van der Waals surface area contributed by atoms with Gasteiger partial charge in [-0.25, -0.2) is 0 Å². The summed E-state index contributed by atoms with van der Waals surface area (Å²) in [5.74, 6) is 0.0327. The second-order valence-corrected chi connectivity index (χ2v) is 7.18. The Hall–Kier alpha value is -2.77. The third-order valence-electron chi connectivity index (χ3n) is 4.84. The molecule has 0 radical (unpaired) electrons. The molecular weight excluding hydrogens is 410 g/mol. The largest absolute Gasteiger partial charge is 0.493 e. The van der Waals surface area contributed by atoms with Crippen molar-refractivity contribution in [2.24, 2.45) is 0 Å². The number of hydrogen-bond acceptors (Lipinski definition) is 6. The highest BCUT2D eigenvalue weighted by Gasteiger charge is 2.35. The number of carbonyl (C=O) groups excluding carboxylic acids is 2. The molecular formula is C22H24ClNO6. The minimum absolute atomic E-state index is 0.218. The Balaban J connectivity index is 2.14. The molecule has 1 heterocycles. The third kappa shape index (κ3) is 4.37. The monoisotopic (exact) mass is 433 g/mol. The lowest BCUT2D eigenvalue weighted by molar-refractivity contribution is -0.150. The molecule has 1 aliphatic heterocycles. The van der Waals surface area contributed by atoms with Crippen molar-refractivity contribution in [1.29, 1.82) is 0 Å². The number of nitrogens with one attached hydrogen (secondary N) is 1. The van der Waals surface area contributed by atoms with Crippen LogP contribution in [-0.4, -0.2) is 38.8 Å². The molecule has 0 unspecified atom stereocenters. The molecule has 0 aliphatic carbocycles. The van der Waals surface area contributed by atoms with E-state index in [0.29, 0.717) is 33.3 Å². The summed E-state index contributed by atoms with van der Waals surface area (Å²) in [4.78, 5) is 24.9. The summed E-state index contributed by atoms with van der Waals surface area (Å²) in [6.45, 7) is 3.77. The Bertz CT molecular complexity index is 961. The van der Waals surface area contributed by atoms with Gasteiger partial charge in [0.05, 0.1) is 27.2 Å². The number of hydrogen-bond donors (Lipinski definition) is 1. The number of amides is 1. The van der Waals surface area contributed by atoms with E-state index in [9.17, 15) is 9.59 Å². The number of anilines is 1. The SMILES string of the molecule is CCOC(=O)C[C@@H]1O[C@@H](c2cccc(OC)c2OC)c2cc(Cl)c(C)cc2NC1=O. The van der Waals surface area contributed by atoms with Gasteiger partial charge in [-0.2, -0.15) is 0 Å². The van der Waals surface area contributed by atoms with Crippen LogP contribution in [0.5, 0.6) is 11.5 Å². The van der Waals surface area contributed by atoms with Gasteiger partial charge >= 0.3 is 5.97 Å². The number of esters is 1. The van der Waals surface area contributed by atoms with E-state index in [-0.39, 0.29) is 13.0 Å². The molecule has 3 rings (SSSR count). The number of fused-ring (bicyclic) bond motifs is 1. The summed E-state index contributed by atoms with van der Waals surface area (Å²) in [6, 6.07) is 8.92. The second kappa shape index (κ2) is 9.36. The molecule has 0 saturated heterocycles. The number of halogens is 1. The van der Waals surface area contributed by atoms with Crippen LogP contribution in [0.3, 0.4) is 0 Å². The van der Waals surface area contributed by atoms with Gasteiger partial charge in [0.1, 0.15) is 12.2 Å². The van der Waals surface area contributed by atoms with Crippen LogP contribution in [0, 0.1) is 6.92 Å². The van der Waals surface area contributed by atoms with Gasteiger partial charge in [0.25, 0.3) is 5.91 Å². The molecule has 7 nitrogen and oxygen atoms in total. The zero-order valence-electron chi connectivity index (χ0n) is 17.3. The standard InChI is InChI=1S/C22H24ClNO6/c1-5-29-19(25)11-18-22(26)24-16-9-12(2)15(23)10-14(16)20(30-18)13-7-6-8-17(27-3)21(13)28-4/h6-10,18,20H,5,11H2,1-4H3,(H,24,26)/t18-,20-/m0/s1. The predicted octanol–water partition coefficient (Wildman–Crippen LogP) is 4.05. The topological polar surface area (TPSA) is 83.1 Å². The van der Waals surface area contributed by atoms with E-state index in [1.54, 1.807) is 38.3 Å². The van der Waals surface area contributed by atoms with Gasteiger partial charge in [-0.3, -0.25) is 9.59 Å². The van der Waals surface area contributed by atoms with Crippen LogP contribution in [0.2, 0.25) is 5.02 Å². The van der Waals surface area contributed by atoms with E-state index in [4.69, 9.17) is 30.5 Å². The van der Waals surface area contributed by atoms with Crippen molar-refractivity contribution >= 4 is 29.2 Å². The van der Waals surface area contributed by atoms with Gasteiger partial charge in [0.15, 0.2) is 11.5 Å². The van der Waals surface area contributed by atoms with Crippen molar-refractivity contribution < 1.29 is 28.5 Å². The van der Waals surface area contributed by atoms with Crippen molar-refractivity contribution in [3.8, 4) is 11.5 Å². The minimum Gasteiger partial charge on any atom is -0.493 e. The van der Waals surface area contributed by atoms with Crippen molar-refractivity contribution in [1.82, 2.24) is 0 Å². The molecule has 0 bridgehead atoms. The van der Waals surface area contributed by atoms with Crippen molar-refractivity contribution in [2.75, 3.05) is 26.1 Å². The maximum Gasteiger partial charge on any atom is 0.308 e. The highest BCUT2D eigenvalue weighted by molar-refractivity contribution is 6.31. The van der Waals surface area contributed by atoms with E-state index >= 15 is 0 Å². The van der Waals surface area contributed by atoms with Gasteiger partial charge in [0, 0.05) is 21.8 Å². The lowest BCUT2D eigenvalue weighted by atomic mass is 9.97. The van der Waals surface area contributed by atoms with Crippen molar-refractivity contribution in [3.05, 3.63) is 52.0 Å². The fraction of sp³-hybridized carbons (Fsp3) is 0.364. The first kappa shape index (κ1) is 21.9. The van der Waals surface area contributed by atoms with Gasteiger partial charge in [-0.1, -0.05) is 23.7 Å². The summed E-state index contributed by atoms with van der Waals surface area (Å²) < 4.78 is 22.2. The molecule has 2 atom stereocenters. The highest BCUT2D eigenvalue weighted by atomic mass is 35.5. The molecule has 2 aromatic carbocycles. The highest BCUT2D eigenvalue weighted by Crippen LogP contribution is 2.44. The van der Waals surface area contributed by atoms with Crippen LogP contribution in [0.25, 0.3) is 0 Å². The number of aryl methyl sites for hydroxylation is 1. The zero-order valence-corrected chi connectivity index (χ0v) is 18.0. The number of methoxy groups -OCH3 is 2. The fourth-order valence-corrected chi connectivity index (χ4v) is 3.58. The van der Waals surface area contributed by atoms with Gasteiger partial charge in [0.2, 0.25) is 0 Å². The second-order valence-electron chi connectivity index (χ2n) is 6.77. The molecule has 0 aromatic heterocycles. The van der Waals surface area contributed by atoms with E-state index in [0.717, 1.165) is 5.56 Å². The first-order valence-electron chi connectivity index (χ1n) is 9.52. The molecule has 1 aliphatic rings. The van der Waals surface area contributed by atoms with E-state index in [1.165, 1.54) is 7.11 Å². The molecule has 2 aromatic rings. The first-order chi connectivity index (χ1) is 14.4. The van der Waals surface area contributed by atoms with E-state index in [2.05, 4.69) is 5.32 Å². The quantitative estimate of drug-likeness (QED) is 0.692. The van der Waals surface area contributed by atoms with Gasteiger partial charge < -0.3 is 24.3 Å². The Kier molecular flexibility index (Phi) is 6.84. The fourth-order valence-electron chi connectivity index (χ4n) is 3.41. The van der Waals surface area contributed by atoms with Crippen LogP contribution in [-0.2, 0) is 19.1 Å². The Labute approximate surface area is 180 Å². The summed E-state index contributed by atoms with van der Waals surface area (Å²) in [5, 5.41) is 3.38.